The number of hydrogen-bond acceptors (Lipinski definition) is 5. The topological polar surface area (TPSA) is 88.9 Å². The number of hydrogen-bond donors (Lipinski definition) is 2. The van der Waals surface area contributed by atoms with Crippen LogP contribution in [0, 0.1) is 13.8 Å². The Morgan fingerprint density at radius 1 is 1.12 bits per heavy atom. The summed E-state index contributed by atoms with van der Waals surface area (Å²) in [4.78, 5) is 25.2. The summed E-state index contributed by atoms with van der Waals surface area (Å²) >= 11 is 16.7. The van der Waals surface area contributed by atoms with E-state index in [4.69, 9.17) is 23.2 Å². The first-order valence-electron chi connectivity index (χ1n) is 10.5. The molecular weight excluding hydrogens is 561 g/mol. The monoisotopic (exact) mass is 583 g/mol. The molecule has 0 fully saturated rings. The number of nitrogens with zero attached hydrogens (tertiary/aromatic N) is 3. The Morgan fingerprint density at radius 2 is 1.79 bits per heavy atom. The summed E-state index contributed by atoms with van der Waals surface area (Å²) in [5, 5.41) is 15.7. The molecule has 0 bridgehead atoms. The van der Waals surface area contributed by atoms with Gasteiger partial charge in [0.2, 0.25) is 5.91 Å². The van der Waals surface area contributed by atoms with Crippen LogP contribution in [0.2, 0.25) is 10.0 Å². The molecule has 0 saturated heterocycles. The second-order valence-corrected chi connectivity index (χ2v) is 10.3. The molecule has 0 aliphatic carbocycles. The normalized spacial score (nSPS) is 11.9. The molecule has 0 unspecified atom stereocenters. The van der Waals surface area contributed by atoms with Crippen LogP contribution >= 0.6 is 50.9 Å². The zero-order valence-electron chi connectivity index (χ0n) is 19.1. The number of aromatic nitrogens is 3. The Morgan fingerprint density at radius 3 is 2.41 bits per heavy atom. The van der Waals surface area contributed by atoms with Crippen LogP contribution in [0.1, 0.15) is 47.2 Å². The average molecular weight is 585 g/mol. The number of halogens is 3. The Kier molecular flexibility index (Phi) is 9.03. The number of carbonyl (C=O) groups excluding carboxylic acids is 2. The second-order valence-electron chi connectivity index (χ2n) is 7.66. The predicted octanol–water partition coefficient (Wildman–Crippen LogP) is 6.21. The Bertz CT molecular complexity index is 1210. The van der Waals surface area contributed by atoms with Crippen LogP contribution in [-0.4, -0.2) is 32.3 Å². The predicted molar refractivity (Wildman–Crippen MR) is 141 cm³/mol. The lowest BCUT2D eigenvalue weighted by Gasteiger charge is -2.15. The van der Waals surface area contributed by atoms with Crippen molar-refractivity contribution in [1.29, 1.82) is 0 Å². The molecule has 0 aliphatic rings. The third-order valence-corrected chi connectivity index (χ3v) is 7.24. The third-order valence-electron chi connectivity index (χ3n) is 5.07. The van der Waals surface area contributed by atoms with Gasteiger partial charge in [-0.25, -0.2) is 0 Å². The molecule has 0 radical (unpaired) electrons. The molecule has 0 aliphatic heterocycles. The van der Waals surface area contributed by atoms with Crippen LogP contribution in [0.5, 0.6) is 0 Å². The van der Waals surface area contributed by atoms with Gasteiger partial charge in [-0.05, 0) is 69.2 Å². The molecule has 1 atom stereocenters. The standard InChI is InChI=1S/C23H24BrCl2N5O2S/c1-5-31-21(14(4)27-22(33)15-6-7-17(25)18(26)10-15)29-30-23(31)34-11-19(32)28-20-12(2)8-16(24)9-13(20)3/h6-10,14H,5,11H2,1-4H3,(H,27,33)(H,28,32)/t14-/m1/s1. The minimum atomic E-state index is -0.411. The molecule has 1 heterocycles. The van der Waals surface area contributed by atoms with E-state index in [1.165, 1.54) is 17.8 Å². The van der Waals surface area contributed by atoms with E-state index in [-0.39, 0.29) is 17.6 Å². The number of nitrogens with one attached hydrogen (secondary N) is 2. The maximum atomic E-state index is 12.6. The van der Waals surface area contributed by atoms with E-state index in [1.807, 2.05) is 44.4 Å². The van der Waals surface area contributed by atoms with E-state index in [1.54, 1.807) is 12.1 Å². The molecule has 11 heteroatoms. The van der Waals surface area contributed by atoms with Gasteiger partial charge in [0.1, 0.15) is 0 Å². The van der Waals surface area contributed by atoms with Crippen LogP contribution in [-0.2, 0) is 11.3 Å². The van der Waals surface area contributed by atoms with Gasteiger partial charge in [-0.1, -0.05) is 50.9 Å². The minimum Gasteiger partial charge on any atom is -0.342 e. The Labute approximate surface area is 221 Å². The first-order valence-corrected chi connectivity index (χ1v) is 13.0. The van der Waals surface area contributed by atoms with E-state index in [0.29, 0.717) is 33.1 Å². The largest absolute Gasteiger partial charge is 0.342 e. The number of amides is 2. The molecule has 180 valence electrons. The Hall–Kier alpha value is -2.07. The summed E-state index contributed by atoms with van der Waals surface area (Å²) in [5.74, 6) is 0.340. The van der Waals surface area contributed by atoms with Crippen molar-refractivity contribution in [2.45, 2.75) is 45.4 Å². The second kappa shape index (κ2) is 11.6. The highest BCUT2D eigenvalue weighted by Crippen LogP contribution is 2.27. The maximum Gasteiger partial charge on any atom is 0.251 e. The fourth-order valence-electron chi connectivity index (χ4n) is 3.42. The smallest absolute Gasteiger partial charge is 0.251 e. The summed E-state index contributed by atoms with van der Waals surface area (Å²) in [6, 6.07) is 8.22. The number of aryl methyl sites for hydroxylation is 2. The molecule has 2 aromatic carbocycles. The minimum absolute atomic E-state index is 0.133. The first kappa shape index (κ1) is 26.5. The number of carbonyl (C=O) groups is 2. The van der Waals surface area contributed by atoms with E-state index < -0.39 is 6.04 Å². The molecule has 3 aromatic rings. The van der Waals surface area contributed by atoms with E-state index >= 15 is 0 Å². The molecular formula is C23H24BrCl2N5O2S. The fourth-order valence-corrected chi connectivity index (χ4v) is 5.21. The van der Waals surface area contributed by atoms with Crippen molar-refractivity contribution < 1.29 is 9.59 Å². The molecule has 3 rings (SSSR count). The highest BCUT2D eigenvalue weighted by atomic mass is 79.9. The lowest BCUT2D eigenvalue weighted by Crippen LogP contribution is -2.28. The molecule has 34 heavy (non-hydrogen) atoms. The van der Waals surface area contributed by atoms with Crippen LogP contribution in [0.25, 0.3) is 0 Å². The number of thioether (sulfide) groups is 1. The molecule has 7 nitrogen and oxygen atoms in total. The van der Waals surface area contributed by atoms with E-state index in [9.17, 15) is 9.59 Å². The quantitative estimate of drug-likeness (QED) is 0.307. The van der Waals surface area contributed by atoms with Crippen molar-refractivity contribution in [3.8, 4) is 0 Å². The van der Waals surface area contributed by atoms with Gasteiger partial charge in [-0.15, -0.1) is 10.2 Å². The van der Waals surface area contributed by atoms with Crippen LogP contribution < -0.4 is 10.6 Å². The van der Waals surface area contributed by atoms with E-state index in [0.717, 1.165) is 21.3 Å². The highest BCUT2D eigenvalue weighted by Gasteiger charge is 2.21. The molecule has 0 spiro atoms. The Balaban J connectivity index is 1.66. The summed E-state index contributed by atoms with van der Waals surface area (Å²) < 4.78 is 2.85. The molecule has 1 aromatic heterocycles. The van der Waals surface area contributed by atoms with Crippen LogP contribution in [0.15, 0.2) is 40.0 Å². The van der Waals surface area contributed by atoms with Crippen molar-refractivity contribution in [3.05, 3.63) is 67.4 Å². The number of anilines is 1. The van der Waals surface area contributed by atoms with Gasteiger partial charge < -0.3 is 15.2 Å². The lowest BCUT2D eigenvalue weighted by molar-refractivity contribution is -0.113. The van der Waals surface area contributed by atoms with Gasteiger partial charge in [0.05, 0.1) is 21.8 Å². The highest BCUT2D eigenvalue weighted by molar-refractivity contribution is 9.10. The van der Waals surface area contributed by atoms with Crippen LogP contribution in [0.4, 0.5) is 5.69 Å². The summed E-state index contributed by atoms with van der Waals surface area (Å²) in [6.07, 6.45) is 0. The van der Waals surface area contributed by atoms with Crippen molar-refractivity contribution >= 4 is 68.4 Å². The van der Waals surface area contributed by atoms with Gasteiger partial charge in [0, 0.05) is 22.3 Å². The molecule has 2 N–H and O–H groups in total. The van der Waals surface area contributed by atoms with Crippen molar-refractivity contribution in [3.63, 3.8) is 0 Å². The third kappa shape index (κ3) is 6.33. The van der Waals surface area contributed by atoms with Gasteiger partial charge in [-0.3, -0.25) is 9.59 Å². The van der Waals surface area contributed by atoms with Crippen molar-refractivity contribution in [1.82, 2.24) is 20.1 Å². The van der Waals surface area contributed by atoms with Gasteiger partial charge in [0.25, 0.3) is 5.91 Å². The zero-order valence-corrected chi connectivity index (χ0v) is 23.0. The summed E-state index contributed by atoms with van der Waals surface area (Å²) in [6.45, 7) is 8.28. The van der Waals surface area contributed by atoms with Gasteiger partial charge >= 0.3 is 0 Å². The molecule has 0 saturated carbocycles. The van der Waals surface area contributed by atoms with Gasteiger partial charge in [-0.2, -0.15) is 0 Å². The number of rotatable bonds is 8. The zero-order chi connectivity index (χ0) is 25.0. The fraction of sp³-hybridized carbons (Fsp3) is 0.304. The number of benzene rings is 2. The SMILES string of the molecule is CCn1c(SCC(=O)Nc2c(C)cc(Br)cc2C)nnc1[C@@H](C)NC(=O)c1ccc(Cl)c(Cl)c1. The summed E-state index contributed by atoms with van der Waals surface area (Å²) in [5.41, 5.74) is 3.17. The summed E-state index contributed by atoms with van der Waals surface area (Å²) in [7, 11) is 0. The molecule has 2 amide bonds. The lowest BCUT2D eigenvalue weighted by atomic mass is 10.1. The van der Waals surface area contributed by atoms with Crippen molar-refractivity contribution in [2.75, 3.05) is 11.1 Å². The maximum absolute atomic E-state index is 12.6. The van der Waals surface area contributed by atoms with Gasteiger partial charge in [0.15, 0.2) is 11.0 Å². The average Bonchev–Trinajstić information content (AvgIpc) is 3.19. The van der Waals surface area contributed by atoms with Crippen molar-refractivity contribution in [2.24, 2.45) is 0 Å². The first-order chi connectivity index (χ1) is 16.1. The van der Waals surface area contributed by atoms with E-state index in [2.05, 4.69) is 36.8 Å². The van der Waals surface area contributed by atoms with Crippen LogP contribution in [0.3, 0.4) is 0 Å².